The van der Waals surface area contributed by atoms with E-state index in [9.17, 15) is 14.7 Å². The van der Waals surface area contributed by atoms with Crippen LogP contribution in [0.2, 0.25) is 0 Å². The number of hydrogen-bond donors (Lipinski definition) is 1. The number of aromatic nitrogens is 3. The fourth-order valence-corrected chi connectivity index (χ4v) is 2.23. The summed E-state index contributed by atoms with van der Waals surface area (Å²) in [7, 11) is 1.69. The molecule has 1 aromatic rings. The predicted octanol–water partition coefficient (Wildman–Crippen LogP) is 1.04. The Bertz CT molecular complexity index is 484. The Hall–Kier alpha value is -1.92. The quantitative estimate of drug-likeness (QED) is 0.593. The number of esters is 1. The van der Waals surface area contributed by atoms with Gasteiger partial charge >= 0.3 is 11.9 Å². The first-order valence-electron chi connectivity index (χ1n) is 6.57. The minimum Gasteiger partial charge on any atom is -0.480 e. The summed E-state index contributed by atoms with van der Waals surface area (Å²) >= 11 is 0. The molecule has 0 spiro atoms. The van der Waals surface area contributed by atoms with Gasteiger partial charge in [-0.05, 0) is 19.3 Å². The number of carbonyl (C=O) groups is 2. The molecule has 0 aliphatic rings. The Balaban J connectivity index is 3.14. The molecule has 112 valence electrons. The molecule has 1 aromatic heterocycles. The molecule has 0 amide bonds. The third kappa shape index (κ3) is 3.55. The van der Waals surface area contributed by atoms with Crippen LogP contribution in [0.4, 0.5) is 0 Å². The number of hydrogen-bond acceptors (Lipinski definition) is 5. The highest BCUT2D eigenvalue weighted by molar-refractivity contribution is 5.99. The lowest BCUT2D eigenvalue weighted by Crippen LogP contribution is -2.44. The maximum atomic E-state index is 12.2. The van der Waals surface area contributed by atoms with Crippen molar-refractivity contribution in [3.8, 4) is 0 Å². The predicted molar refractivity (Wildman–Crippen MR) is 70.9 cm³/mol. The van der Waals surface area contributed by atoms with Gasteiger partial charge in [0, 0.05) is 19.7 Å². The van der Waals surface area contributed by atoms with Crippen LogP contribution in [0.3, 0.4) is 0 Å². The Labute approximate surface area is 117 Å². The lowest BCUT2D eigenvalue weighted by molar-refractivity contribution is -0.170. The zero-order chi connectivity index (χ0) is 15.3. The SMILES string of the molecule is CCOC(=O)C(Cc1cn(C)nn1)(CC(C)C)C(=O)O. The van der Waals surface area contributed by atoms with E-state index in [-0.39, 0.29) is 25.4 Å². The van der Waals surface area contributed by atoms with Gasteiger partial charge in [-0.2, -0.15) is 0 Å². The van der Waals surface area contributed by atoms with Crippen molar-refractivity contribution in [3.05, 3.63) is 11.9 Å². The van der Waals surface area contributed by atoms with Gasteiger partial charge in [0.15, 0.2) is 5.41 Å². The zero-order valence-corrected chi connectivity index (χ0v) is 12.3. The molecule has 7 heteroatoms. The normalized spacial score (nSPS) is 14.1. The maximum absolute atomic E-state index is 12.2. The van der Waals surface area contributed by atoms with Crippen LogP contribution in [0.25, 0.3) is 0 Å². The molecule has 20 heavy (non-hydrogen) atoms. The molecule has 1 N–H and O–H groups in total. The molecule has 0 saturated heterocycles. The molecule has 0 aliphatic heterocycles. The average molecular weight is 283 g/mol. The summed E-state index contributed by atoms with van der Waals surface area (Å²) in [6.45, 7) is 5.54. The fraction of sp³-hybridized carbons (Fsp3) is 0.692. The molecule has 0 radical (unpaired) electrons. The van der Waals surface area contributed by atoms with Crippen LogP contribution in [0.5, 0.6) is 0 Å². The summed E-state index contributed by atoms with van der Waals surface area (Å²) in [6.07, 6.45) is 1.78. The molecule has 1 rings (SSSR count). The Morgan fingerprint density at radius 2 is 2.15 bits per heavy atom. The summed E-state index contributed by atoms with van der Waals surface area (Å²) < 4.78 is 6.45. The van der Waals surface area contributed by atoms with Crippen molar-refractivity contribution in [2.75, 3.05) is 6.61 Å². The van der Waals surface area contributed by atoms with Gasteiger partial charge in [0.1, 0.15) is 0 Å². The van der Waals surface area contributed by atoms with Crippen molar-refractivity contribution in [1.82, 2.24) is 15.0 Å². The van der Waals surface area contributed by atoms with Gasteiger partial charge in [-0.1, -0.05) is 19.1 Å². The summed E-state index contributed by atoms with van der Waals surface area (Å²) in [4.78, 5) is 23.9. The van der Waals surface area contributed by atoms with Gasteiger partial charge in [-0.3, -0.25) is 14.3 Å². The zero-order valence-electron chi connectivity index (χ0n) is 12.3. The molecular weight excluding hydrogens is 262 g/mol. The first-order valence-corrected chi connectivity index (χ1v) is 6.57. The summed E-state index contributed by atoms with van der Waals surface area (Å²) in [6, 6.07) is 0. The molecule has 1 heterocycles. The van der Waals surface area contributed by atoms with Crippen LogP contribution in [-0.2, 0) is 27.8 Å². The lowest BCUT2D eigenvalue weighted by atomic mass is 9.76. The second-order valence-corrected chi connectivity index (χ2v) is 5.27. The monoisotopic (exact) mass is 283 g/mol. The van der Waals surface area contributed by atoms with Crippen molar-refractivity contribution >= 4 is 11.9 Å². The first kappa shape index (κ1) is 16.1. The number of rotatable bonds is 7. The molecule has 1 unspecified atom stereocenters. The van der Waals surface area contributed by atoms with Crippen molar-refractivity contribution in [2.45, 2.75) is 33.6 Å². The van der Waals surface area contributed by atoms with Crippen molar-refractivity contribution in [2.24, 2.45) is 18.4 Å². The van der Waals surface area contributed by atoms with Gasteiger partial charge < -0.3 is 9.84 Å². The van der Waals surface area contributed by atoms with Crippen LogP contribution in [0, 0.1) is 11.3 Å². The number of aryl methyl sites for hydroxylation is 1. The molecule has 0 aromatic carbocycles. The Kier molecular flexibility index (Phi) is 5.24. The van der Waals surface area contributed by atoms with Crippen LogP contribution < -0.4 is 0 Å². The molecule has 1 atom stereocenters. The van der Waals surface area contributed by atoms with Gasteiger partial charge in [0.05, 0.1) is 12.3 Å². The average Bonchev–Trinajstić information content (AvgIpc) is 2.73. The minimum absolute atomic E-state index is 0.0206. The van der Waals surface area contributed by atoms with E-state index in [0.717, 1.165) is 0 Å². The fourth-order valence-electron chi connectivity index (χ4n) is 2.23. The highest BCUT2D eigenvalue weighted by atomic mass is 16.5. The Morgan fingerprint density at radius 3 is 2.55 bits per heavy atom. The standard InChI is InChI=1S/C13H21N3O4/c1-5-20-12(19)13(11(17)18,6-9(2)3)7-10-8-16(4)15-14-10/h8-9H,5-7H2,1-4H3,(H,17,18). The largest absolute Gasteiger partial charge is 0.480 e. The highest BCUT2D eigenvalue weighted by Crippen LogP contribution is 2.32. The van der Waals surface area contributed by atoms with E-state index in [1.807, 2.05) is 13.8 Å². The second-order valence-electron chi connectivity index (χ2n) is 5.27. The van der Waals surface area contributed by atoms with Gasteiger partial charge in [-0.15, -0.1) is 5.10 Å². The number of aliphatic carboxylic acids is 1. The summed E-state index contributed by atoms with van der Waals surface area (Å²) in [5.41, 5.74) is -1.15. The first-order chi connectivity index (χ1) is 9.31. The third-order valence-corrected chi connectivity index (χ3v) is 2.97. The van der Waals surface area contributed by atoms with Gasteiger partial charge in [-0.25, -0.2) is 0 Å². The number of carbonyl (C=O) groups excluding carboxylic acids is 1. The molecular formula is C13H21N3O4. The smallest absolute Gasteiger partial charge is 0.323 e. The van der Waals surface area contributed by atoms with Crippen LogP contribution in [0.15, 0.2) is 6.20 Å². The van der Waals surface area contributed by atoms with Crippen LogP contribution >= 0.6 is 0 Å². The molecule has 0 aliphatic carbocycles. The van der Waals surface area contributed by atoms with Gasteiger partial charge in [0.2, 0.25) is 0 Å². The minimum atomic E-state index is -1.61. The Morgan fingerprint density at radius 1 is 1.50 bits per heavy atom. The topological polar surface area (TPSA) is 94.3 Å². The summed E-state index contributed by atoms with van der Waals surface area (Å²) in [5, 5.41) is 17.2. The van der Waals surface area contributed by atoms with Crippen molar-refractivity contribution in [1.29, 1.82) is 0 Å². The van der Waals surface area contributed by atoms with Crippen LogP contribution in [-0.4, -0.2) is 38.6 Å². The van der Waals surface area contributed by atoms with E-state index in [1.54, 1.807) is 20.2 Å². The number of ether oxygens (including phenoxy) is 1. The maximum Gasteiger partial charge on any atom is 0.323 e. The lowest BCUT2D eigenvalue weighted by Gasteiger charge is -2.27. The number of carboxylic acid groups (broad SMARTS) is 1. The van der Waals surface area contributed by atoms with E-state index in [2.05, 4.69) is 10.3 Å². The number of carboxylic acids is 1. The van der Waals surface area contributed by atoms with E-state index in [1.165, 1.54) is 4.68 Å². The molecule has 0 saturated carbocycles. The number of nitrogens with zero attached hydrogens (tertiary/aromatic N) is 3. The van der Waals surface area contributed by atoms with Crippen molar-refractivity contribution < 1.29 is 19.4 Å². The van der Waals surface area contributed by atoms with E-state index in [4.69, 9.17) is 4.74 Å². The highest BCUT2D eigenvalue weighted by Gasteiger charge is 2.48. The molecule has 0 fully saturated rings. The van der Waals surface area contributed by atoms with E-state index in [0.29, 0.717) is 5.69 Å². The van der Waals surface area contributed by atoms with Crippen molar-refractivity contribution in [3.63, 3.8) is 0 Å². The third-order valence-electron chi connectivity index (χ3n) is 2.97. The van der Waals surface area contributed by atoms with Crippen LogP contribution in [0.1, 0.15) is 32.9 Å². The molecule has 7 nitrogen and oxygen atoms in total. The second kappa shape index (κ2) is 6.49. The molecule has 0 bridgehead atoms. The van der Waals surface area contributed by atoms with E-state index < -0.39 is 17.4 Å². The van der Waals surface area contributed by atoms with E-state index >= 15 is 0 Å². The summed E-state index contributed by atoms with van der Waals surface area (Å²) in [5.74, 6) is -1.87. The van der Waals surface area contributed by atoms with Gasteiger partial charge in [0.25, 0.3) is 0 Å².